The Kier molecular flexibility index (Phi) is 4.69. The Bertz CT molecular complexity index is 393. The molecule has 1 amide bonds. The number of rotatable bonds is 2. The van der Waals surface area contributed by atoms with Crippen molar-refractivity contribution in [1.82, 2.24) is 9.80 Å². The largest absolute Gasteiger partial charge is 0.341 e. The summed E-state index contributed by atoms with van der Waals surface area (Å²) in [6.45, 7) is 10.7. The van der Waals surface area contributed by atoms with E-state index in [1.807, 2.05) is 0 Å². The van der Waals surface area contributed by atoms with Crippen molar-refractivity contribution in [2.24, 2.45) is 28.9 Å². The van der Waals surface area contributed by atoms with E-state index in [2.05, 4.69) is 51.6 Å². The van der Waals surface area contributed by atoms with E-state index in [9.17, 15) is 4.79 Å². The minimum Gasteiger partial charge on any atom is -0.341 e. The van der Waals surface area contributed by atoms with E-state index in [1.54, 1.807) is 0 Å². The van der Waals surface area contributed by atoms with Gasteiger partial charge in [-0.2, -0.15) is 0 Å². The van der Waals surface area contributed by atoms with Gasteiger partial charge in [0.15, 0.2) is 0 Å². The molecule has 1 aliphatic carbocycles. The summed E-state index contributed by atoms with van der Waals surface area (Å²) in [7, 11) is 4.22. The summed E-state index contributed by atoms with van der Waals surface area (Å²) in [6, 6.07) is 0.719. The zero-order valence-corrected chi connectivity index (χ0v) is 14.6. The third-order valence-electron chi connectivity index (χ3n) is 6.35. The van der Waals surface area contributed by atoms with Crippen LogP contribution in [0.4, 0.5) is 0 Å². The number of carbonyl (C=O) groups excluding carboxylic acids is 1. The van der Waals surface area contributed by atoms with E-state index >= 15 is 0 Å². The highest BCUT2D eigenvalue weighted by Crippen LogP contribution is 2.45. The molecule has 0 spiro atoms. The summed E-state index contributed by atoms with van der Waals surface area (Å²) in [4.78, 5) is 17.4. The molecule has 0 aromatic carbocycles. The average molecular weight is 295 g/mol. The summed E-state index contributed by atoms with van der Waals surface area (Å²) >= 11 is 0. The zero-order valence-electron chi connectivity index (χ0n) is 14.6. The molecule has 0 aromatic rings. The second kappa shape index (κ2) is 5.88. The number of carbonyl (C=O) groups is 1. The maximum absolute atomic E-state index is 13.0. The smallest absolute Gasteiger partial charge is 0.226 e. The van der Waals surface area contributed by atoms with Gasteiger partial charge < -0.3 is 15.5 Å². The molecule has 5 atom stereocenters. The quantitative estimate of drug-likeness (QED) is 0.845. The number of likely N-dealkylation sites (tertiary alicyclic amines) is 1. The van der Waals surface area contributed by atoms with Crippen LogP contribution in [0.1, 0.15) is 40.5 Å². The van der Waals surface area contributed by atoms with Crippen molar-refractivity contribution in [2.45, 2.75) is 52.6 Å². The van der Waals surface area contributed by atoms with Crippen molar-refractivity contribution in [3.8, 4) is 0 Å². The Morgan fingerprint density at radius 3 is 2.33 bits per heavy atom. The van der Waals surface area contributed by atoms with Gasteiger partial charge in [-0.25, -0.2) is 0 Å². The molecule has 21 heavy (non-hydrogen) atoms. The molecule has 2 rings (SSSR count). The number of hydrogen-bond donors (Lipinski definition) is 1. The lowest BCUT2D eigenvalue weighted by Gasteiger charge is -2.47. The van der Waals surface area contributed by atoms with Crippen LogP contribution >= 0.6 is 0 Å². The second-order valence-electron chi connectivity index (χ2n) is 8.16. The standard InChI is InChI=1S/C17H33N3O/c1-11-9-20(10-15(11)19(5)6)16(21)13-7-8-14(18)12(2)17(13,3)4/h11-15H,7-10,18H2,1-6H3. The lowest BCUT2D eigenvalue weighted by molar-refractivity contribution is -0.142. The van der Waals surface area contributed by atoms with Gasteiger partial charge in [0.05, 0.1) is 0 Å². The van der Waals surface area contributed by atoms with Crippen LogP contribution in [-0.4, -0.2) is 55.0 Å². The molecule has 2 aliphatic rings. The van der Waals surface area contributed by atoms with Gasteiger partial charge in [0.1, 0.15) is 0 Å². The SMILES string of the molecule is CC1CN(C(=O)C2CCC(N)C(C)C2(C)C)CC1N(C)C. The summed E-state index contributed by atoms with van der Waals surface area (Å²) in [5.41, 5.74) is 6.22. The van der Waals surface area contributed by atoms with Gasteiger partial charge in [-0.1, -0.05) is 27.7 Å². The molecule has 1 saturated heterocycles. The highest BCUT2D eigenvalue weighted by Gasteiger charge is 2.47. The van der Waals surface area contributed by atoms with Gasteiger partial charge in [-0.15, -0.1) is 0 Å². The average Bonchev–Trinajstić information content (AvgIpc) is 2.78. The predicted molar refractivity (Wildman–Crippen MR) is 86.9 cm³/mol. The molecule has 0 bridgehead atoms. The van der Waals surface area contributed by atoms with E-state index < -0.39 is 0 Å². The molecular weight excluding hydrogens is 262 g/mol. The Balaban J connectivity index is 2.10. The van der Waals surface area contributed by atoms with Gasteiger partial charge in [0.25, 0.3) is 0 Å². The lowest BCUT2D eigenvalue weighted by Crippen LogP contribution is -2.52. The molecule has 5 unspecified atom stereocenters. The predicted octanol–water partition coefficient (Wildman–Crippen LogP) is 1.79. The molecule has 1 heterocycles. The van der Waals surface area contributed by atoms with E-state index in [1.165, 1.54) is 0 Å². The topological polar surface area (TPSA) is 49.6 Å². The summed E-state index contributed by atoms with van der Waals surface area (Å²) in [6.07, 6.45) is 1.91. The van der Waals surface area contributed by atoms with Gasteiger partial charge in [0.2, 0.25) is 5.91 Å². The van der Waals surface area contributed by atoms with Crippen LogP contribution in [0.5, 0.6) is 0 Å². The van der Waals surface area contributed by atoms with Crippen molar-refractivity contribution in [3.05, 3.63) is 0 Å². The maximum Gasteiger partial charge on any atom is 0.226 e. The summed E-state index contributed by atoms with van der Waals surface area (Å²) in [5.74, 6) is 1.43. The van der Waals surface area contributed by atoms with Crippen LogP contribution in [0.2, 0.25) is 0 Å². The first kappa shape index (κ1) is 16.8. The van der Waals surface area contributed by atoms with Crippen LogP contribution < -0.4 is 5.73 Å². The van der Waals surface area contributed by atoms with E-state index in [-0.39, 0.29) is 17.4 Å². The van der Waals surface area contributed by atoms with E-state index in [0.717, 1.165) is 25.9 Å². The Morgan fingerprint density at radius 2 is 1.81 bits per heavy atom. The molecule has 122 valence electrons. The van der Waals surface area contributed by atoms with Crippen LogP contribution in [0, 0.1) is 23.2 Å². The van der Waals surface area contributed by atoms with Gasteiger partial charge in [-0.3, -0.25) is 4.79 Å². The highest BCUT2D eigenvalue weighted by molar-refractivity contribution is 5.80. The van der Waals surface area contributed by atoms with Crippen LogP contribution in [0.15, 0.2) is 0 Å². The zero-order chi connectivity index (χ0) is 15.9. The molecule has 4 heteroatoms. The number of nitrogens with zero attached hydrogens (tertiary/aromatic N) is 2. The highest BCUT2D eigenvalue weighted by atomic mass is 16.2. The van der Waals surface area contributed by atoms with Crippen LogP contribution in [0.3, 0.4) is 0 Å². The van der Waals surface area contributed by atoms with Gasteiger partial charge in [0, 0.05) is 31.1 Å². The fourth-order valence-electron chi connectivity index (χ4n) is 4.31. The fourth-order valence-corrected chi connectivity index (χ4v) is 4.31. The first-order chi connectivity index (χ1) is 9.66. The fraction of sp³-hybridized carbons (Fsp3) is 0.941. The molecule has 1 aliphatic heterocycles. The summed E-state index contributed by atoms with van der Waals surface area (Å²) in [5, 5.41) is 0. The Labute approximate surface area is 130 Å². The third-order valence-corrected chi connectivity index (χ3v) is 6.35. The van der Waals surface area contributed by atoms with E-state index in [4.69, 9.17) is 5.73 Å². The third kappa shape index (κ3) is 2.98. The van der Waals surface area contributed by atoms with Crippen LogP contribution in [0.25, 0.3) is 0 Å². The number of likely N-dealkylation sites (N-methyl/N-ethyl adjacent to an activating group) is 1. The lowest BCUT2D eigenvalue weighted by atomic mass is 9.60. The first-order valence-electron chi connectivity index (χ1n) is 8.37. The molecule has 2 fully saturated rings. The molecule has 2 N–H and O–H groups in total. The minimum absolute atomic E-state index is 0.00576. The molecule has 0 radical (unpaired) electrons. The molecular formula is C17H33N3O. The molecule has 1 saturated carbocycles. The van der Waals surface area contributed by atoms with Gasteiger partial charge >= 0.3 is 0 Å². The first-order valence-corrected chi connectivity index (χ1v) is 8.37. The number of amides is 1. The maximum atomic E-state index is 13.0. The Hall–Kier alpha value is -0.610. The van der Waals surface area contributed by atoms with Crippen molar-refractivity contribution in [3.63, 3.8) is 0 Å². The number of hydrogen-bond acceptors (Lipinski definition) is 3. The Morgan fingerprint density at radius 1 is 1.19 bits per heavy atom. The normalized spacial score (nSPS) is 39.8. The summed E-state index contributed by atoms with van der Waals surface area (Å²) < 4.78 is 0. The van der Waals surface area contributed by atoms with Crippen molar-refractivity contribution in [1.29, 1.82) is 0 Å². The molecule has 0 aromatic heterocycles. The van der Waals surface area contributed by atoms with Crippen molar-refractivity contribution < 1.29 is 4.79 Å². The monoisotopic (exact) mass is 295 g/mol. The van der Waals surface area contributed by atoms with E-state index in [0.29, 0.717) is 23.8 Å². The number of nitrogens with two attached hydrogens (primary N) is 1. The second-order valence-corrected chi connectivity index (χ2v) is 8.16. The van der Waals surface area contributed by atoms with Crippen molar-refractivity contribution >= 4 is 5.91 Å². The molecule has 4 nitrogen and oxygen atoms in total. The van der Waals surface area contributed by atoms with Crippen molar-refractivity contribution in [2.75, 3.05) is 27.2 Å². The van der Waals surface area contributed by atoms with Crippen LogP contribution in [-0.2, 0) is 4.79 Å². The minimum atomic E-state index is -0.00576. The van der Waals surface area contributed by atoms with Gasteiger partial charge in [-0.05, 0) is 44.2 Å².